The van der Waals surface area contributed by atoms with E-state index >= 15 is 0 Å². The summed E-state index contributed by atoms with van der Waals surface area (Å²) in [7, 11) is -5.16. The van der Waals surface area contributed by atoms with Gasteiger partial charge in [-0.15, -0.1) is 0 Å². The SMILES string of the molecule is CCCCCCCCCCC/C=C\C/C=C\CCCCCCCC(O)CC(=O)NC(COP(=O)(O)OC1C(O)C(O)C(O)C(O)C1O)C(O)/C=C/CC/C=C/CCCCCCCCCCCCCCCCC. The summed E-state index contributed by atoms with van der Waals surface area (Å²) in [6.45, 7) is 3.77. The molecule has 72 heavy (non-hydrogen) atoms. The number of carbonyl (C=O) groups excluding carboxylic acids is 1. The fraction of sp³-hybridized carbons (Fsp3) is 0.845. The van der Waals surface area contributed by atoms with Gasteiger partial charge in [0.15, 0.2) is 0 Å². The van der Waals surface area contributed by atoms with Crippen LogP contribution in [0.25, 0.3) is 0 Å². The van der Waals surface area contributed by atoms with Crippen molar-refractivity contribution in [3.63, 3.8) is 0 Å². The summed E-state index contributed by atoms with van der Waals surface area (Å²) in [6, 6.07) is -1.26. The first kappa shape index (κ1) is 68.3. The lowest BCUT2D eigenvalue weighted by Crippen LogP contribution is -2.64. The highest BCUT2D eigenvalue weighted by Gasteiger charge is 2.51. The van der Waals surface area contributed by atoms with Gasteiger partial charge in [0.1, 0.15) is 36.6 Å². The van der Waals surface area contributed by atoms with E-state index < -0.39 is 75.2 Å². The van der Waals surface area contributed by atoms with E-state index in [9.17, 15) is 50.0 Å². The van der Waals surface area contributed by atoms with Gasteiger partial charge in [0.05, 0.1) is 31.3 Å². The maximum Gasteiger partial charge on any atom is 0.472 e. The van der Waals surface area contributed by atoms with Crippen LogP contribution in [0.5, 0.6) is 0 Å². The van der Waals surface area contributed by atoms with Crippen molar-refractivity contribution in [2.24, 2.45) is 0 Å². The van der Waals surface area contributed by atoms with Crippen LogP contribution in [0.1, 0.15) is 251 Å². The Bertz CT molecular complexity index is 1410. The molecule has 0 heterocycles. The van der Waals surface area contributed by atoms with Gasteiger partial charge in [-0.1, -0.05) is 229 Å². The van der Waals surface area contributed by atoms with Gasteiger partial charge >= 0.3 is 7.82 Å². The quantitative estimate of drug-likeness (QED) is 0.0158. The predicted molar refractivity (Wildman–Crippen MR) is 293 cm³/mol. The Morgan fingerprint density at radius 1 is 0.500 bits per heavy atom. The molecular formula is C58H108NO12P. The Hall–Kier alpha value is -1.74. The Kier molecular flexibility index (Phi) is 44.1. The molecule has 8 unspecified atom stereocenters. The summed E-state index contributed by atoms with van der Waals surface area (Å²) in [5.41, 5.74) is 0. The molecule has 14 heteroatoms. The largest absolute Gasteiger partial charge is 0.472 e. The number of hydrogen-bond donors (Lipinski definition) is 9. The Labute approximate surface area is 438 Å². The van der Waals surface area contributed by atoms with Crippen molar-refractivity contribution in [3.05, 3.63) is 48.6 Å². The molecule has 1 rings (SSSR count). The minimum Gasteiger partial charge on any atom is -0.393 e. The number of nitrogens with one attached hydrogen (secondary N) is 1. The van der Waals surface area contributed by atoms with Crippen LogP contribution in [0.4, 0.5) is 0 Å². The molecule has 0 aromatic carbocycles. The van der Waals surface area contributed by atoms with Crippen LogP contribution in [-0.4, -0.2) is 108 Å². The fourth-order valence-electron chi connectivity index (χ4n) is 9.17. The first-order valence-corrected chi connectivity index (χ1v) is 30.7. The maximum atomic E-state index is 13.1. The van der Waals surface area contributed by atoms with Crippen molar-refractivity contribution < 1.29 is 59.0 Å². The second kappa shape index (κ2) is 46.6. The summed E-state index contributed by atoms with van der Waals surface area (Å²) in [6.07, 6.45) is 44.8. The van der Waals surface area contributed by atoms with Crippen LogP contribution in [0, 0.1) is 0 Å². The minimum absolute atomic E-state index is 0.263. The summed E-state index contributed by atoms with van der Waals surface area (Å²) in [5, 5.41) is 74.9. The summed E-state index contributed by atoms with van der Waals surface area (Å²) in [4.78, 5) is 23.6. The van der Waals surface area contributed by atoms with Crippen LogP contribution in [0.3, 0.4) is 0 Å². The van der Waals surface area contributed by atoms with Gasteiger partial charge in [0, 0.05) is 0 Å². The average molecular weight is 1040 g/mol. The van der Waals surface area contributed by atoms with Gasteiger partial charge in [0.25, 0.3) is 0 Å². The fourth-order valence-corrected chi connectivity index (χ4v) is 10.1. The molecule has 422 valence electrons. The number of allylic oxidation sites excluding steroid dienone is 7. The van der Waals surface area contributed by atoms with Crippen molar-refractivity contribution in [1.29, 1.82) is 0 Å². The highest BCUT2D eigenvalue weighted by atomic mass is 31.2. The van der Waals surface area contributed by atoms with E-state index in [-0.39, 0.29) is 6.42 Å². The summed E-state index contributed by atoms with van der Waals surface area (Å²) in [5.74, 6) is -0.609. The van der Waals surface area contributed by atoms with E-state index in [1.165, 1.54) is 154 Å². The van der Waals surface area contributed by atoms with Gasteiger partial charge in [-0.3, -0.25) is 13.8 Å². The molecular weight excluding hydrogens is 934 g/mol. The van der Waals surface area contributed by atoms with Crippen LogP contribution in [0.15, 0.2) is 48.6 Å². The number of phosphoric acid groups is 1. The first-order chi connectivity index (χ1) is 34.8. The number of rotatable bonds is 49. The minimum atomic E-state index is -5.16. The van der Waals surface area contributed by atoms with E-state index in [4.69, 9.17) is 9.05 Å². The zero-order chi connectivity index (χ0) is 52.9. The summed E-state index contributed by atoms with van der Waals surface area (Å²) < 4.78 is 23.0. The molecule has 1 aliphatic rings. The molecule has 9 N–H and O–H groups in total. The maximum absolute atomic E-state index is 13.1. The zero-order valence-corrected chi connectivity index (χ0v) is 46.2. The molecule has 1 amide bonds. The highest BCUT2D eigenvalue weighted by Crippen LogP contribution is 2.47. The predicted octanol–water partition coefficient (Wildman–Crippen LogP) is 12.2. The van der Waals surface area contributed by atoms with Crippen molar-refractivity contribution in [2.45, 2.75) is 306 Å². The van der Waals surface area contributed by atoms with E-state index in [0.29, 0.717) is 12.8 Å². The third-order valence-electron chi connectivity index (χ3n) is 13.9. The highest BCUT2D eigenvalue weighted by molar-refractivity contribution is 7.47. The Morgan fingerprint density at radius 2 is 0.861 bits per heavy atom. The van der Waals surface area contributed by atoms with Gasteiger partial charge in [-0.2, -0.15) is 0 Å². The van der Waals surface area contributed by atoms with Gasteiger partial charge in [0.2, 0.25) is 5.91 Å². The zero-order valence-electron chi connectivity index (χ0n) is 45.3. The van der Waals surface area contributed by atoms with E-state index in [1.807, 2.05) is 0 Å². The molecule has 0 bridgehead atoms. The van der Waals surface area contributed by atoms with Crippen LogP contribution in [-0.2, 0) is 18.4 Å². The number of phosphoric ester groups is 1. The molecule has 0 aromatic heterocycles. The lowest BCUT2D eigenvalue weighted by molar-refractivity contribution is -0.220. The van der Waals surface area contributed by atoms with Crippen molar-refractivity contribution in [3.8, 4) is 0 Å². The van der Waals surface area contributed by atoms with Crippen LogP contribution in [0.2, 0.25) is 0 Å². The smallest absolute Gasteiger partial charge is 0.393 e. The van der Waals surface area contributed by atoms with Gasteiger partial charge in [-0.05, 0) is 64.2 Å². The molecule has 1 saturated carbocycles. The number of aliphatic hydroxyl groups excluding tert-OH is 7. The Morgan fingerprint density at radius 3 is 1.31 bits per heavy atom. The van der Waals surface area contributed by atoms with Crippen LogP contribution < -0.4 is 5.32 Å². The number of unbranched alkanes of at least 4 members (excludes halogenated alkanes) is 30. The number of carbonyl (C=O) groups is 1. The summed E-state index contributed by atoms with van der Waals surface area (Å²) >= 11 is 0. The molecule has 0 saturated heterocycles. The second-order valence-electron chi connectivity index (χ2n) is 20.7. The monoisotopic (exact) mass is 1040 g/mol. The van der Waals surface area contributed by atoms with Crippen molar-refractivity contribution in [1.82, 2.24) is 5.32 Å². The molecule has 13 nitrogen and oxygen atoms in total. The third-order valence-corrected chi connectivity index (χ3v) is 14.9. The number of aliphatic hydroxyl groups is 7. The van der Waals surface area contributed by atoms with Crippen LogP contribution >= 0.6 is 7.82 Å². The van der Waals surface area contributed by atoms with Gasteiger partial charge in [-0.25, -0.2) is 4.57 Å². The molecule has 0 aromatic rings. The average Bonchev–Trinajstić information content (AvgIpc) is 3.36. The van der Waals surface area contributed by atoms with Crippen molar-refractivity contribution >= 4 is 13.7 Å². The van der Waals surface area contributed by atoms with Gasteiger partial charge < -0.3 is 46.0 Å². The first-order valence-electron chi connectivity index (χ1n) is 29.2. The second-order valence-corrected chi connectivity index (χ2v) is 22.1. The van der Waals surface area contributed by atoms with E-state index in [0.717, 1.165) is 70.6 Å². The topological polar surface area (TPSA) is 226 Å². The molecule has 8 atom stereocenters. The third kappa shape index (κ3) is 37.1. The van der Waals surface area contributed by atoms with E-state index in [1.54, 1.807) is 6.08 Å². The molecule has 0 spiro atoms. The molecule has 0 aliphatic heterocycles. The Balaban J connectivity index is 2.45. The molecule has 1 fully saturated rings. The lowest BCUT2D eigenvalue weighted by Gasteiger charge is -2.41. The standard InChI is InChI=1S/C58H108NO12P/c1-3-5-7-9-11-13-15-17-19-21-23-25-27-29-31-33-35-37-39-41-43-45-49(60)47-52(62)59-50(48-70-72(68,69)71-58-56(66)54(64)53(63)55(65)57(58)67)51(61)46-44-42-40-38-36-34-32-30-28-26-24-22-20-18-16-14-12-10-8-6-4-2/h23,25,29,31,36,38,44,46,49-51,53-58,60-61,63-67H,3-22,24,26-28,30,32-35,37,39-43,45,47-48H2,1-2H3,(H,59,62)(H,68,69)/b25-23-,31-29-,38-36+,46-44+. The lowest BCUT2D eigenvalue weighted by atomic mass is 9.85. The van der Waals surface area contributed by atoms with Crippen molar-refractivity contribution in [2.75, 3.05) is 6.61 Å². The molecule has 0 radical (unpaired) electrons. The molecule has 1 aliphatic carbocycles. The number of amides is 1. The normalized spacial score (nSPS) is 21.9. The number of hydrogen-bond acceptors (Lipinski definition) is 11. The van der Waals surface area contributed by atoms with E-state index in [2.05, 4.69) is 55.6 Å².